The minimum absolute atomic E-state index is 0.320. The number of aromatic nitrogens is 5. The van der Waals surface area contributed by atoms with Gasteiger partial charge in [0.2, 0.25) is 0 Å². The van der Waals surface area contributed by atoms with E-state index in [1.165, 1.54) is 18.3 Å². The molecule has 0 aliphatic carbocycles. The molecular weight excluding hydrogens is 347 g/mol. The molecule has 2 aromatic carbocycles. The molecule has 0 spiro atoms. The largest absolute Gasteiger partial charge is 0.411 e. The fourth-order valence-corrected chi connectivity index (χ4v) is 2.82. The van der Waals surface area contributed by atoms with Gasteiger partial charge in [-0.05, 0) is 43.3 Å². The monoisotopic (exact) mass is 362 g/mol. The highest BCUT2D eigenvalue weighted by atomic mass is 19.1. The quantitative estimate of drug-likeness (QED) is 0.343. The number of benzene rings is 2. The summed E-state index contributed by atoms with van der Waals surface area (Å²) >= 11 is 0. The second kappa shape index (κ2) is 6.83. The summed E-state index contributed by atoms with van der Waals surface area (Å²) in [4.78, 5) is 0. The lowest BCUT2D eigenvalue weighted by atomic mass is 10.2. The minimum Gasteiger partial charge on any atom is -0.411 e. The van der Waals surface area contributed by atoms with Crippen LogP contribution >= 0.6 is 0 Å². The number of hydrogen-bond acceptors (Lipinski definition) is 5. The first-order valence-electron chi connectivity index (χ1n) is 8.18. The molecule has 0 bridgehead atoms. The number of halogens is 1. The molecule has 7 nitrogen and oxygen atoms in total. The first-order chi connectivity index (χ1) is 13.2. The molecule has 0 aliphatic heterocycles. The van der Waals surface area contributed by atoms with E-state index >= 15 is 0 Å². The second-order valence-corrected chi connectivity index (χ2v) is 5.87. The summed E-state index contributed by atoms with van der Waals surface area (Å²) in [6.45, 7) is 1.85. The van der Waals surface area contributed by atoms with Crippen LogP contribution in [0.15, 0.2) is 65.9 Å². The van der Waals surface area contributed by atoms with E-state index in [4.69, 9.17) is 5.21 Å². The Labute approximate surface area is 154 Å². The maximum atomic E-state index is 13.2. The highest BCUT2D eigenvalue weighted by molar-refractivity contribution is 5.88. The van der Waals surface area contributed by atoms with Crippen LogP contribution in [0.25, 0.3) is 22.8 Å². The molecule has 0 radical (unpaired) electrons. The Balaban J connectivity index is 1.81. The maximum Gasteiger partial charge on any atom is 0.137 e. The summed E-state index contributed by atoms with van der Waals surface area (Å²) in [7, 11) is 0. The Morgan fingerprint density at radius 2 is 1.74 bits per heavy atom. The van der Waals surface area contributed by atoms with Crippen LogP contribution in [0.5, 0.6) is 0 Å². The van der Waals surface area contributed by atoms with Crippen molar-refractivity contribution in [3.05, 3.63) is 77.9 Å². The predicted octanol–water partition coefficient (Wildman–Crippen LogP) is 3.38. The highest BCUT2D eigenvalue weighted by Crippen LogP contribution is 2.25. The molecule has 27 heavy (non-hydrogen) atoms. The zero-order valence-electron chi connectivity index (χ0n) is 14.4. The van der Waals surface area contributed by atoms with Crippen molar-refractivity contribution in [2.45, 2.75) is 6.92 Å². The Bertz CT molecular complexity index is 1100. The van der Waals surface area contributed by atoms with E-state index in [1.54, 1.807) is 27.7 Å². The van der Waals surface area contributed by atoms with Crippen molar-refractivity contribution >= 4 is 6.21 Å². The first-order valence-corrected chi connectivity index (χ1v) is 8.18. The lowest BCUT2D eigenvalue weighted by molar-refractivity contribution is 0.322. The Morgan fingerprint density at radius 1 is 1.00 bits per heavy atom. The van der Waals surface area contributed by atoms with Crippen molar-refractivity contribution in [1.82, 2.24) is 24.8 Å². The molecule has 2 aromatic heterocycles. The van der Waals surface area contributed by atoms with E-state index < -0.39 is 0 Å². The van der Waals surface area contributed by atoms with E-state index in [1.807, 2.05) is 37.3 Å². The van der Waals surface area contributed by atoms with Crippen LogP contribution in [0.3, 0.4) is 0 Å². The molecule has 8 heteroatoms. The van der Waals surface area contributed by atoms with E-state index in [-0.39, 0.29) is 5.82 Å². The molecule has 134 valence electrons. The van der Waals surface area contributed by atoms with Crippen molar-refractivity contribution in [1.29, 1.82) is 0 Å². The molecular formula is C19H15FN6O. The van der Waals surface area contributed by atoms with Gasteiger partial charge in [0.1, 0.15) is 17.2 Å². The summed E-state index contributed by atoms with van der Waals surface area (Å²) < 4.78 is 16.5. The van der Waals surface area contributed by atoms with Crippen molar-refractivity contribution in [2.75, 3.05) is 0 Å². The molecule has 0 amide bonds. The molecule has 0 aliphatic rings. The summed E-state index contributed by atoms with van der Waals surface area (Å²) in [6, 6.07) is 15.5. The second-order valence-electron chi connectivity index (χ2n) is 5.87. The van der Waals surface area contributed by atoms with Gasteiger partial charge in [0.15, 0.2) is 0 Å². The average molecular weight is 362 g/mol. The maximum absolute atomic E-state index is 13.2. The molecule has 0 saturated carbocycles. The lowest BCUT2D eigenvalue weighted by Crippen LogP contribution is -1.99. The van der Waals surface area contributed by atoms with Gasteiger partial charge in [0, 0.05) is 11.8 Å². The van der Waals surface area contributed by atoms with Gasteiger partial charge in [-0.25, -0.2) is 13.8 Å². The smallest absolute Gasteiger partial charge is 0.137 e. The number of nitrogens with zero attached hydrogens (tertiary/aromatic N) is 6. The van der Waals surface area contributed by atoms with Crippen molar-refractivity contribution in [3.8, 4) is 22.8 Å². The van der Waals surface area contributed by atoms with Crippen LogP contribution in [0.4, 0.5) is 4.39 Å². The predicted molar refractivity (Wildman–Crippen MR) is 98.0 cm³/mol. The molecule has 0 saturated heterocycles. The van der Waals surface area contributed by atoms with Crippen molar-refractivity contribution in [3.63, 3.8) is 0 Å². The Morgan fingerprint density at radius 3 is 2.44 bits per heavy atom. The van der Waals surface area contributed by atoms with Crippen LogP contribution in [0, 0.1) is 12.7 Å². The van der Waals surface area contributed by atoms with Crippen LogP contribution in [-0.4, -0.2) is 36.2 Å². The molecule has 0 fully saturated rings. The standard InChI is InChI=1S/C19H15FN6O/c1-13-18(22-24-26(13)17-9-7-15(20)8-10-17)19-14(11-21-27)12-25(23-19)16-5-3-2-4-6-16/h2-12,27H,1H3/b21-11+. The fourth-order valence-electron chi connectivity index (χ4n) is 2.82. The fraction of sp³-hybridized carbons (Fsp3) is 0.0526. The summed E-state index contributed by atoms with van der Waals surface area (Å²) in [5.74, 6) is -0.320. The third-order valence-electron chi connectivity index (χ3n) is 4.15. The molecule has 1 N–H and O–H groups in total. The molecule has 2 heterocycles. The third-order valence-corrected chi connectivity index (χ3v) is 4.15. The van der Waals surface area contributed by atoms with Crippen LogP contribution < -0.4 is 0 Å². The van der Waals surface area contributed by atoms with Gasteiger partial charge in [-0.15, -0.1) is 5.10 Å². The van der Waals surface area contributed by atoms with Gasteiger partial charge in [-0.2, -0.15) is 5.10 Å². The SMILES string of the molecule is Cc1c(-c2nn(-c3ccccc3)cc2/C=N/O)nnn1-c1ccc(F)cc1. The van der Waals surface area contributed by atoms with Crippen LogP contribution in [0.2, 0.25) is 0 Å². The number of oxime groups is 1. The normalized spacial score (nSPS) is 11.3. The Hall–Kier alpha value is -3.81. The number of para-hydroxylation sites is 1. The Kier molecular flexibility index (Phi) is 4.21. The average Bonchev–Trinajstić information content (AvgIpc) is 3.27. The first kappa shape index (κ1) is 16.6. The van der Waals surface area contributed by atoms with Crippen molar-refractivity contribution in [2.24, 2.45) is 5.16 Å². The van der Waals surface area contributed by atoms with Crippen LogP contribution in [-0.2, 0) is 0 Å². The molecule has 0 unspecified atom stereocenters. The number of hydrogen-bond donors (Lipinski definition) is 1. The molecule has 0 atom stereocenters. The molecule has 4 aromatic rings. The van der Waals surface area contributed by atoms with Gasteiger partial charge in [0.25, 0.3) is 0 Å². The van der Waals surface area contributed by atoms with Crippen molar-refractivity contribution < 1.29 is 9.60 Å². The van der Waals surface area contributed by atoms with E-state index in [9.17, 15) is 4.39 Å². The summed E-state index contributed by atoms with van der Waals surface area (Å²) in [6.07, 6.45) is 3.05. The summed E-state index contributed by atoms with van der Waals surface area (Å²) in [5.41, 5.74) is 3.95. The van der Waals surface area contributed by atoms with E-state index in [0.29, 0.717) is 22.6 Å². The van der Waals surface area contributed by atoms with Gasteiger partial charge in [-0.1, -0.05) is 28.6 Å². The lowest BCUT2D eigenvalue weighted by Gasteiger charge is -2.03. The van der Waals surface area contributed by atoms with Crippen LogP contribution in [0.1, 0.15) is 11.3 Å². The zero-order valence-corrected chi connectivity index (χ0v) is 14.4. The van der Waals surface area contributed by atoms with Gasteiger partial charge in [-0.3, -0.25) is 0 Å². The topological polar surface area (TPSA) is 81.1 Å². The van der Waals surface area contributed by atoms with Gasteiger partial charge >= 0.3 is 0 Å². The van der Waals surface area contributed by atoms with Gasteiger partial charge in [0.05, 0.1) is 23.3 Å². The minimum atomic E-state index is -0.320. The highest BCUT2D eigenvalue weighted by Gasteiger charge is 2.19. The van der Waals surface area contributed by atoms with E-state index in [0.717, 1.165) is 11.4 Å². The zero-order chi connectivity index (χ0) is 18.8. The summed E-state index contributed by atoms with van der Waals surface area (Å²) in [5, 5.41) is 25.1. The molecule has 4 rings (SSSR count). The van der Waals surface area contributed by atoms with Gasteiger partial charge < -0.3 is 5.21 Å². The van der Waals surface area contributed by atoms with E-state index in [2.05, 4.69) is 20.6 Å². The third kappa shape index (κ3) is 3.08. The number of rotatable bonds is 4.